The Morgan fingerprint density at radius 2 is 1.07 bits per heavy atom. The molecule has 1 nitrogen and oxygen atoms in total. The first-order valence-electron chi connectivity index (χ1n) is 7.90. The lowest BCUT2D eigenvalue weighted by atomic mass is 9.88. The van der Waals surface area contributed by atoms with Crippen LogP contribution in [0.25, 0.3) is 0 Å². The molecule has 0 amide bonds. The molecule has 0 saturated carbocycles. The zero-order chi connectivity index (χ0) is 21.4. The number of benzene rings is 2. The van der Waals surface area contributed by atoms with Gasteiger partial charge in [0.25, 0.3) is 0 Å². The number of rotatable bonds is 4. The van der Waals surface area contributed by atoms with Gasteiger partial charge < -0.3 is 0 Å². The summed E-state index contributed by atoms with van der Waals surface area (Å²) in [5.41, 5.74) is -3.85. The van der Waals surface area contributed by atoms with Gasteiger partial charge >= 0.3 is 12.4 Å². The Balaban J connectivity index is 2.86. The van der Waals surface area contributed by atoms with Crippen LogP contribution >= 0.6 is 31.9 Å². The second-order valence-corrected chi connectivity index (χ2v) is 7.28. The topological polar surface area (TPSA) is 17.1 Å². The highest BCUT2D eigenvalue weighted by Gasteiger charge is 2.42. The highest BCUT2D eigenvalue weighted by Crippen LogP contribution is 2.41. The number of ketones is 1. The summed E-state index contributed by atoms with van der Waals surface area (Å²) in [4.78, 5) is 12.9. The normalized spacial score (nSPS) is 12.4. The van der Waals surface area contributed by atoms with Gasteiger partial charge in [0, 0.05) is 21.8 Å². The van der Waals surface area contributed by atoms with Gasteiger partial charge in [0.1, 0.15) is 0 Å². The van der Waals surface area contributed by atoms with Gasteiger partial charge in [-0.1, -0.05) is 56.1 Å². The van der Waals surface area contributed by atoms with Crippen LogP contribution in [0.1, 0.15) is 49.3 Å². The molecule has 0 aromatic heterocycles. The first kappa shape index (κ1) is 22.9. The minimum absolute atomic E-state index is 0.181. The molecule has 2 aromatic carbocycles. The summed E-state index contributed by atoms with van der Waals surface area (Å²) in [5, 5.41) is -0.386. The molecule has 0 fully saturated rings. The summed E-state index contributed by atoms with van der Waals surface area (Å²) < 4.78 is 82.2. The van der Waals surface area contributed by atoms with E-state index in [9.17, 15) is 31.1 Å². The quantitative estimate of drug-likeness (QED) is 0.229. The average Bonchev–Trinajstić information content (AvgIpc) is 2.58. The van der Waals surface area contributed by atoms with Crippen molar-refractivity contribution in [2.45, 2.75) is 36.9 Å². The second kappa shape index (κ2) is 8.18. The molecule has 0 unspecified atom stereocenters. The van der Waals surface area contributed by atoms with E-state index in [-0.39, 0.29) is 32.9 Å². The lowest BCUT2D eigenvalue weighted by Gasteiger charge is -2.21. The van der Waals surface area contributed by atoms with Crippen molar-refractivity contribution in [3.63, 3.8) is 0 Å². The number of alkyl halides is 8. The van der Waals surface area contributed by atoms with Crippen molar-refractivity contribution in [1.82, 2.24) is 0 Å². The molecule has 0 bridgehead atoms. The van der Waals surface area contributed by atoms with Crippen molar-refractivity contribution < 1.29 is 31.1 Å². The third-order valence-electron chi connectivity index (χ3n) is 4.42. The fourth-order valence-corrected chi connectivity index (χ4v) is 4.46. The SMILES string of the molecule is Cc1ccc(C(=O)c2ccc(C)c(CBr)c2C(F)(F)F)c(C(F)(F)F)c1CBr. The van der Waals surface area contributed by atoms with Crippen molar-refractivity contribution in [3.8, 4) is 0 Å². The Hall–Kier alpha value is -1.35. The van der Waals surface area contributed by atoms with Gasteiger partial charge in [-0.3, -0.25) is 4.79 Å². The van der Waals surface area contributed by atoms with E-state index in [0.717, 1.165) is 12.1 Å². The molecule has 2 aromatic rings. The van der Waals surface area contributed by atoms with Crippen molar-refractivity contribution >= 4 is 37.6 Å². The van der Waals surface area contributed by atoms with Crippen LogP contribution in [0.4, 0.5) is 26.3 Å². The number of carbonyl (C=O) groups excluding carboxylic acids is 1. The largest absolute Gasteiger partial charge is 0.417 e. The Labute approximate surface area is 174 Å². The highest BCUT2D eigenvalue weighted by molar-refractivity contribution is 9.08. The molecule has 0 atom stereocenters. The zero-order valence-corrected chi connectivity index (χ0v) is 17.8. The van der Waals surface area contributed by atoms with Crippen LogP contribution in [0.3, 0.4) is 0 Å². The molecule has 9 heteroatoms. The number of hydrogen-bond acceptors (Lipinski definition) is 1. The molecule has 0 spiro atoms. The highest BCUT2D eigenvalue weighted by atomic mass is 79.9. The fraction of sp³-hybridized carbons (Fsp3) is 0.316. The molecule has 0 aliphatic carbocycles. The first-order chi connectivity index (χ1) is 12.8. The molecular weight excluding hydrogens is 518 g/mol. The van der Waals surface area contributed by atoms with E-state index in [0.29, 0.717) is 0 Å². The molecule has 0 heterocycles. The van der Waals surface area contributed by atoms with E-state index >= 15 is 0 Å². The Kier molecular flexibility index (Phi) is 6.70. The van der Waals surface area contributed by atoms with Gasteiger partial charge in [-0.25, -0.2) is 0 Å². The van der Waals surface area contributed by atoms with Crippen molar-refractivity contribution in [2.24, 2.45) is 0 Å². The average molecular weight is 532 g/mol. The minimum atomic E-state index is -4.90. The van der Waals surface area contributed by atoms with Gasteiger partial charge in [0.05, 0.1) is 11.1 Å². The number of aryl methyl sites for hydroxylation is 2. The van der Waals surface area contributed by atoms with Gasteiger partial charge in [0.2, 0.25) is 0 Å². The Bertz CT molecular complexity index is 843. The van der Waals surface area contributed by atoms with Crippen LogP contribution < -0.4 is 0 Å². The molecule has 152 valence electrons. The summed E-state index contributed by atoms with van der Waals surface area (Å²) in [7, 11) is 0. The third-order valence-corrected chi connectivity index (χ3v) is 5.54. The Morgan fingerprint density at radius 3 is 1.32 bits per heavy atom. The van der Waals surface area contributed by atoms with Crippen LogP contribution in [0.5, 0.6) is 0 Å². The standard InChI is InChI=1S/C19H14Br2F6O/c1-9-3-5-11(15(13(9)7-20)18(22,23)24)17(28)12-6-4-10(2)14(8-21)16(12)19(25,26)27/h3-6H,7-8H2,1-2H3. The van der Waals surface area contributed by atoms with Crippen LogP contribution in [0.2, 0.25) is 0 Å². The maximum atomic E-state index is 13.7. The molecule has 0 saturated heterocycles. The molecule has 0 aliphatic rings. The van der Waals surface area contributed by atoms with E-state index in [1.165, 1.54) is 26.0 Å². The minimum Gasteiger partial charge on any atom is -0.289 e. The van der Waals surface area contributed by atoms with Crippen LogP contribution in [-0.2, 0) is 23.0 Å². The van der Waals surface area contributed by atoms with Crippen molar-refractivity contribution in [3.05, 3.63) is 68.8 Å². The van der Waals surface area contributed by atoms with E-state index in [1.54, 1.807) is 0 Å². The summed E-state index contributed by atoms with van der Waals surface area (Å²) >= 11 is 5.94. The molecule has 0 N–H and O–H groups in total. The van der Waals surface area contributed by atoms with E-state index in [2.05, 4.69) is 31.9 Å². The molecule has 0 aliphatic heterocycles. The summed E-state index contributed by atoms with van der Waals surface area (Å²) in [6, 6.07) is 4.46. The van der Waals surface area contributed by atoms with E-state index < -0.39 is 40.4 Å². The maximum absolute atomic E-state index is 13.7. The lowest BCUT2D eigenvalue weighted by molar-refractivity contribution is -0.138. The molecule has 2 rings (SSSR count). The Morgan fingerprint density at radius 1 is 0.750 bits per heavy atom. The summed E-state index contributed by atoms with van der Waals surface area (Å²) in [6.07, 6.45) is -9.80. The monoisotopic (exact) mass is 530 g/mol. The number of halogens is 8. The first-order valence-corrected chi connectivity index (χ1v) is 10.1. The van der Waals surface area contributed by atoms with E-state index in [1.807, 2.05) is 0 Å². The molecule has 0 radical (unpaired) electrons. The smallest absolute Gasteiger partial charge is 0.289 e. The molecule has 28 heavy (non-hydrogen) atoms. The van der Waals surface area contributed by atoms with Crippen LogP contribution in [0.15, 0.2) is 24.3 Å². The number of hydrogen-bond donors (Lipinski definition) is 0. The van der Waals surface area contributed by atoms with Gasteiger partial charge in [-0.05, 0) is 36.1 Å². The van der Waals surface area contributed by atoms with Crippen LogP contribution in [0, 0.1) is 13.8 Å². The van der Waals surface area contributed by atoms with Gasteiger partial charge in [0.15, 0.2) is 5.78 Å². The third kappa shape index (κ3) is 4.30. The van der Waals surface area contributed by atoms with Crippen LogP contribution in [-0.4, -0.2) is 5.78 Å². The van der Waals surface area contributed by atoms with Gasteiger partial charge in [-0.2, -0.15) is 26.3 Å². The predicted molar refractivity (Wildman–Crippen MR) is 101 cm³/mol. The van der Waals surface area contributed by atoms with Crippen molar-refractivity contribution in [2.75, 3.05) is 0 Å². The van der Waals surface area contributed by atoms with Crippen molar-refractivity contribution in [1.29, 1.82) is 0 Å². The predicted octanol–water partition coefficient (Wildman–Crippen LogP) is 7.36. The zero-order valence-electron chi connectivity index (χ0n) is 14.7. The second-order valence-electron chi connectivity index (χ2n) is 6.16. The lowest BCUT2D eigenvalue weighted by Crippen LogP contribution is -2.21. The van der Waals surface area contributed by atoms with Gasteiger partial charge in [-0.15, -0.1) is 0 Å². The molecular formula is C19H14Br2F6O. The fourth-order valence-electron chi connectivity index (χ4n) is 3.02. The summed E-state index contributed by atoms with van der Waals surface area (Å²) in [5.74, 6) is -1.32. The number of carbonyl (C=O) groups is 1. The maximum Gasteiger partial charge on any atom is 0.417 e. The van der Waals surface area contributed by atoms with E-state index in [4.69, 9.17) is 0 Å². The summed E-state index contributed by atoms with van der Waals surface area (Å²) in [6.45, 7) is 2.88.